The van der Waals surface area contributed by atoms with Gasteiger partial charge in [0.25, 0.3) is 0 Å². The molecule has 2 heterocycles. The third kappa shape index (κ3) is 4.12. The molecule has 2 fully saturated rings. The topological polar surface area (TPSA) is 30.5 Å². The molecule has 0 aromatic rings. The van der Waals surface area contributed by atoms with E-state index in [1.807, 2.05) is 0 Å². The Morgan fingerprint density at radius 1 is 1.44 bits per heavy atom. The average molecular weight is 273 g/mol. The van der Waals surface area contributed by atoms with E-state index in [-0.39, 0.29) is 5.60 Å². The number of nitrogens with one attached hydrogen (secondary N) is 1. The van der Waals surface area contributed by atoms with Crippen LogP contribution in [-0.2, 0) is 9.47 Å². The number of hydrogen-bond donors (Lipinski definition) is 1. The van der Waals surface area contributed by atoms with Crippen LogP contribution >= 0.6 is 11.8 Å². The van der Waals surface area contributed by atoms with E-state index in [9.17, 15) is 0 Å². The molecule has 1 N–H and O–H groups in total. The van der Waals surface area contributed by atoms with E-state index in [1.165, 1.54) is 30.8 Å². The molecule has 106 valence electrons. The summed E-state index contributed by atoms with van der Waals surface area (Å²) in [6.07, 6.45) is 5.93. The standard InChI is InChI=1S/C14H27NO2S/c1-12(3-7-16-2)15-13-4-8-17-14(11-13)5-9-18-10-6-14/h12-13,15H,3-11H2,1-2H3. The predicted octanol–water partition coefficient (Wildman–Crippen LogP) is 2.45. The summed E-state index contributed by atoms with van der Waals surface area (Å²) in [6.45, 7) is 4.04. The van der Waals surface area contributed by atoms with Crippen molar-refractivity contribution in [3.8, 4) is 0 Å². The van der Waals surface area contributed by atoms with E-state index in [2.05, 4.69) is 24.0 Å². The molecule has 4 heteroatoms. The van der Waals surface area contributed by atoms with Crippen LogP contribution in [0.3, 0.4) is 0 Å². The fourth-order valence-corrected chi connectivity index (χ4v) is 4.28. The van der Waals surface area contributed by atoms with E-state index < -0.39 is 0 Å². The zero-order valence-corrected chi connectivity index (χ0v) is 12.6. The summed E-state index contributed by atoms with van der Waals surface area (Å²) in [6, 6.07) is 1.18. The zero-order valence-electron chi connectivity index (χ0n) is 11.7. The molecular formula is C14H27NO2S. The van der Waals surface area contributed by atoms with Gasteiger partial charge in [-0.2, -0.15) is 11.8 Å². The maximum Gasteiger partial charge on any atom is 0.0713 e. The van der Waals surface area contributed by atoms with Crippen molar-refractivity contribution < 1.29 is 9.47 Å². The first-order valence-electron chi connectivity index (χ1n) is 7.21. The Labute approximate surface area is 115 Å². The second-order valence-corrected chi connectivity index (χ2v) is 6.91. The highest BCUT2D eigenvalue weighted by Crippen LogP contribution is 2.37. The molecule has 0 saturated carbocycles. The van der Waals surface area contributed by atoms with Crippen molar-refractivity contribution in [2.75, 3.05) is 31.8 Å². The van der Waals surface area contributed by atoms with E-state index in [0.29, 0.717) is 12.1 Å². The number of rotatable bonds is 5. The lowest BCUT2D eigenvalue weighted by atomic mass is 9.85. The maximum absolute atomic E-state index is 6.12. The molecule has 1 spiro atoms. The van der Waals surface area contributed by atoms with Crippen LogP contribution < -0.4 is 5.32 Å². The van der Waals surface area contributed by atoms with Crippen molar-refractivity contribution >= 4 is 11.8 Å². The Morgan fingerprint density at radius 2 is 2.22 bits per heavy atom. The van der Waals surface area contributed by atoms with E-state index in [4.69, 9.17) is 9.47 Å². The second kappa shape index (κ2) is 7.13. The lowest BCUT2D eigenvalue weighted by Crippen LogP contribution is -2.50. The van der Waals surface area contributed by atoms with Gasteiger partial charge in [-0.05, 0) is 50.5 Å². The summed E-state index contributed by atoms with van der Waals surface area (Å²) in [5.41, 5.74) is 0.197. The van der Waals surface area contributed by atoms with Crippen molar-refractivity contribution in [3.63, 3.8) is 0 Å². The number of hydrogen-bond acceptors (Lipinski definition) is 4. The van der Waals surface area contributed by atoms with Gasteiger partial charge in [0.2, 0.25) is 0 Å². The quantitative estimate of drug-likeness (QED) is 0.833. The minimum atomic E-state index is 0.197. The third-order valence-corrected chi connectivity index (χ3v) is 5.16. The molecule has 2 rings (SSSR count). The van der Waals surface area contributed by atoms with Gasteiger partial charge in [-0.25, -0.2) is 0 Å². The van der Waals surface area contributed by atoms with Gasteiger partial charge in [-0.1, -0.05) is 0 Å². The smallest absolute Gasteiger partial charge is 0.0713 e. The van der Waals surface area contributed by atoms with E-state index >= 15 is 0 Å². The summed E-state index contributed by atoms with van der Waals surface area (Å²) < 4.78 is 11.3. The highest BCUT2D eigenvalue weighted by molar-refractivity contribution is 7.99. The van der Waals surface area contributed by atoms with E-state index in [1.54, 1.807) is 7.11 Å². The predicted molar refractivity (Wildman–Crippen MR) is 77.4 cm³/mol. The zero-order chi connectivity index (χ0) is 12.8. The first-order chi connectivity index (χ1) is 8.74. The summed E-state index contributed by atoms with van der Waals surface area (Å²) in [5, 5.41) is 3.76. The number of methoxy groups -OCH3 is 1. The van der Waals surface area contributed by atoms with Crippen molar-refractivity contribution in [2.24, 2.45) is 0 Å². The van der Waals surface area contributed by atoms with Gasteiger partial charge in [0.15, 0.2) is 0 Å². The lowest BCUT2D eigenvalue weighted by Gasteiger charge is -2.44. The van der Waals surface area contributed by atoms with Crippen molar-refractivity contribution in [2.45, 2.75) is 56.7 Å². The van der Waals surface area contributed by atoms with Gasteiger partial charge in [-0.3, -0.25) is 0 Å². The van der Waals surface area contributed by atoms with Crippen molar-refractivity contribution in [1.82, 2.24) is 5.32 Å². The van der Waals surface area contributed by atoms with Crippen LogP contribution in [0.15, 0.2) is 0 Å². The molecule has 2 atom stereocenters. The van der Waals surface area contributed by atoms with Gasteiger partial charge in [0.05, 0.1) is 5.60 Å². The molecule has 3 nitrogen and oxygen atoms in total. The van der Waals surface area contributed by atoms with E-state index in [0.717, 1.165) is 26.1 Å². The Bertz CT molecular complexity index is 238. The number of thioether (sulfide) groups is 1. The highest BCUT2D eigenvalue weighted by Gasteiger charge is 2.38. The first kappa shape index (κ1) is 14.6. The van der Waals surface area contributed by atoms with Gasteiger partial charge in [-0.15, -0.1) is 0 Å². The molecular weight excluding hydrogens is 246 g/mol. The van der Waals surface area contributed by atoms with Gasteiger partial charge >= 0.3 is 0 Å². The van der Waals surface area contributed by atoms with Crippen molar-refractivity contribution in [3.05, 3.63) is 0 Å². The van der Waals surface area contributed by atoms with Crippen LogP contribution in [0.5, 0.6) is 0 Å². The summed E-state index contributed by atoms with van der Waals surface area (Å²) >= 11 is 2.07. The molecule has 2 aliphatic rings. The summed E-state index contributed by atoms with van der Waals surface area (Å²) in [7, 11) is 1.77. The Morgan fingerprint density at radius 3 is 2.94 bits per heavy atom. The fraction of sp³-hybridized carbons (Fsp3) is 1.00. The molecule has 0 bridgehead atoms. The fourth-order valence-electron chi connectivity index (χ4n) is 3.04. The third-order valence-electron chi connectivity index (χ3n) is 4.17. The largest absolute Gasteiger partial charge is 0.385 e. The van der Waals surface area contributed by atoms with Crippen LogP contribution in [0, 0.1) is 0 Å². The maximum atomic E-state index is 6.12. The Hall–Kier alpha value is 0.230. The average Bonchev–Trinajstić information content (AvgIpc) is 2.37. The Kier molecular flexibility index (Phi) is 5.80. The highest BCUT2D eigenvalue weighted by atomic mass is 32.2. The van der Waals surface area contributed by atoms with Crippen LogP contribution in [0.25, 0.3) is 0 Å². The van der Waals surface area contributed by atoms with Gasteiger partial charge in [0, 0.05) is 32.4 Å². The summed E-state index contributed by atoms with van der Waals surface area (Å²) in [4.78, 5) is 0. The van der Waals surface area contributed by atoms with Crippen LogP contribution in [0.1, 0.15) is 39.0 Å². The molecule has 2 saturated heterocycles. The molecule has 0 aliphatic carbocycles. The second-order valence-electron chi connectivity index (χ2n) is 5.68. The molecule has 0 aromatic heterocycles. The van der Waals surface area contributed by atoms with Crippen LogP contribution in [0.2, 0.25) is 0 Å². The Balaban J connectivity index is 1.79. The van der Waals surface area contributed by atoms with Gasteiger partial charge in [0.1, 0.15) is 0 Å². The molecule has 2 aliphatic heterocycles. The molecule has 0 aromatic carbocycles. The number of ether oxygens (including phenoxy) is 2. The SMILES string of the molecule is COCCC(C)NC1CCOC2(CCSCC2)C1. The van der Waals surface area contributed by atoms with Gasteiger partial charge < -0.3 is 14.8 Å². The monoisotopic (exact) mass is 273 g/mol. The molecule has 2 unspecified atom stereocenters. The van der Waals surface area contributed by atoms with Crippen molar-refractivity contribution in [1.29, 1.82) is 0 Å². The molecule has 0 amide bonds. The first-order valence-corrected chi connectivity index (χ1v) is 8.36. The minimum Gasteiger partial charge on any atom is -0.385 e. The lowest BCUT2D eigenvalue weighted by molar-refractivity contribution is -0.0942. The molecule has 0 radical (unpaired) electrons. The minimum absolute atomic E-state index is 0.197. The molecule has 18 heavy (non-hydrogen) atoms. The summed E-state index contributed by atoms with van der Waals surface area (Å²) in [5.74, 6) is 2.54. The van der Waals surface area contributed by atoms with Crippen LogP contribution in [-0.4, -0.2) is 49.5 Å². The normalized spacial score (nSPS) is 29.3. The van der Waals surface area contributed by atoms with Crippen LogP contribution in [0.4, 0.5) is 0 Å².